The van der Waals surface area contributed by atoms with Crippen LogP contribution in [0.15, 0.2) is 77.7 Å². The van der Waals surface area contributed by atoms with Crippen LogP contribution in [0, 0.1) is 0 Å². The van der Waals surface area contributed by atoms with Gasteiger partial charge in [-0.25, -0.2) is 18.4 Å². The van der Waals surface area contributed by atoms with Gasteiger partial charge in [0.1, 0.15) is 17.4 Å². The third-order valence-electron chi connectivity index (χ3n) is 7.42. The number of fused-ring (bicyclic) bond motifs is 1. The van der Waals surface area contributed by atoms with Crippen LogP contribution >= 0.6 is 0 Å². The van der Waals surface area contributed by atoms with E-state index in [9.17, 15) is 8.42 Å². The molecule has 8 nitrogen and oxygen atoms in total. The zero-order valence-electron chi connectivity index (χ0n) is 22.7. The fourth-order valence-electron chi connectivity index (χ4n) is 4.98. The third kappa shape index (κ3) is 5.75. The van der Waals surface area contributed by atoms with Crippen LogP contribution in [0.5, 0.6) is 5.75 Å². The Morgan fingerprint density at radius 1 is 0.923 bits per heavy atom. The lowest BCUT2D eigenvalue weighted by Gasteiger charge is -2.37. The summed E-state index contributed by atoms with van der Waals surface area (Å²) in [6.07, 6.45) is 0.880. The van der Waals surface area contributed by atoms with Crippen LogP contribution in [0.4, 0.5) is 5.82 Å². The van der Waals surface area contributed by atoms with Crippen LogP contribution < -0.4 is 10.1 Å². The highest BCUT2D eigenvalue weighted by atomic mass is 32.2. The van der Waals surface area contributed by atoms with E-state index in [-0.39, 0.29) is 6.04 Å². The number of para-hydroxylation sites is 2. The van der Waals surface area contributed by atoms with E-state index in [1.165, 1.54) is 0 Å². The number of benzene rings is 3. The first-order valence-electron chi connectivity index (χ1n) is 13.4. The summed E-state index contributed by atoms with van der Waals surface area (Å²) in [7, 11) is -1.85. The summed E-state index contributed by atoms with van der Waals surface area (Å²) in [4.78, 5) is 12.4. The summed E-state index contributed by atoms with van der Waals surface area (Å²) in [5.41, 5.74) is 3.03. The molecule has 1 aliphatic heterocycles. The monoisotopic (exact) mass is 545 g/mol. The van der Waals surface area contributed by atoms with Crippen LogP contribution in [0.3, 0.4) is 0 Å². The molecule has 0 spiro atoms. The molecule has 39 heavy (non-hydrogen) atoms. The molecule has 0 saturated carbocycles. The van der Waals surface area contributed by atoms with Gasteiger partial charge in [0.25, 0.3) is 0 Å². The minimum atomic E-state index is -3.52. The van der Waals surface area contributed by atoms with E-state index in [4.69, 9.17) is 14.7 Å². The number of nitrogens with one attached hydrogen (secondary N) is 1. The van der Waals surface area contributed by atoms with Gasteiger partial charge in [-0.2, -0.15) is 4.31 Å². The van der Waals surface area contributed by atoms with Crippen LogP contribution in [0.2, 0.25) is 0 Å². The van der Waals surface area contributed by atoms with E-state index in [1.54, 1.807) is 23.5 Å². The minimum absolute atomic E-state index is 0.0740. The highest BCUT2D eigenvalue weighted by Gasteiger charge is 2.31. The number of ether oxygens (including phenoxy) is 1. The quantitative estimate of drug-likeness (QED) is 0.321. The third-order valence-corrected chi connectivity index (χ3v) is 9.34. The van der Waals surface area contributed by atoms with E-state index in [1.807, 2.05) is 60.7 Å². The summed E-state index contributed by atoms with van der Waals surface area (Å²) < 4.78 is 33.5. The molecule has 9 heteroatoms. The van der Waals surface area contributed by atoms with Crippen molar-refractivity contribution in [3.8, 4) is 5.75 Å². The van der Waals surface area contributed by atoms with Gasteiger partial charge in [0, 0.05) is 43.7 Å². The first-order valence-corrected chi connectivity index (χ1v) is 14.8. The van der Waals surface area contributed by atoms with Crippen molar-refractivity contribution in [1.29, 1.82) is 0 Å². The van der Waals surface area contributed by atoms with Gasteiger partial charge in [-0.3, -0.25) is 4.90 Å². The van der Waals surface area contributed by atoms with Gasteiger partial charge >= 0.3 is 0 Å². The van der Waals surface area contributed by atoms with E-state index in [2.05, 4.69) is 24.1 Å². The molecule has 5 rings (SSSR count). The van der Waals surface area contributed by atoms with Gasteiger partial charge in [-0.1, -0.05) is 49.4 Å². The topological polar surface area (TPSA) is 87.7 Å². The fraction of sp³-hybridized carbons (Fsp3) is 0.333. The molecule has 1 saturated heterocycles. The van der Waals surface area contributed by atoms with Gasteiger partial charge in [-0.15, -0.1) is 0 Å². The summed E-state index contributed by atoms with van der Waals surface area (Å²) in [5.74, 6) is 2.30. The molecule has 204 valence electrons. The van der Waals surface area contributed by atoms with Gasteiger partial charge in [0.15, 0.2) is 0 Å². The molecule has 0 aliphatic carbocycles. The molecule has 1 atom stereocenters. The molecular formula is C30H35N5O3S. The fourth-order valence-corrected chi connectivity index (χ4v) is 6.41. The molecule has 2 heterocycles. The van der Waals surface area contributed by atoms with Crippen LogP contribution in [0.1, 0.15) is 36.8 Å². The molecule has 0 unspecified atom stereocenters. The van der Waals surface area contributed by atoms with Gasteiger partial charge in [-0.05, 0) is 49.2 Å². The molecule has 0 radical (unpaired) electrons. The molecule has 0 bridgehead atoms. The lowest BCUT2D eigenvalue weighted by molar-refractivity contribution is 0.141. The molecular weight excluding hydrogens is 510 g/mol. The van der Waals surface area contributed by atoms with Gasteiger partial charge in [0.05, 0.1) is 23.6 Å². The maximum Gasteiger partial charge on any atom is 0.243 e. The number of sulfonamides is 1. The first kappa shape index (κ1) is 27.1. The maximum atomic E-state index is 13.2. The number of hydrogen-bond acceptors (Lipinski definition) is 7. The van der Waals surface area contributed by atoms with Crippen molar-refractivity contribution in [2.45, 2.75) is 37.8 Å². The Bertz CT molecular complexity index is 1530. The highest BCUT2D eigenvalue weighted by molar-refractivity contribution is 7.89. The second kappa shape index (κ2) is 11.7. The zero-order valence-corrected chi connectivity index (χ0v) is 23.5. The number of piperazine rings is 1. The minimum Gasteiger partial charge on any atom is -0.496 e. The molecule has 3 aromatic carbocycles. The average molecular weight is 546 g/mol. The largest absolute Gasteiger partial charge is 0.496 e. The van der Waals surface area contributed by atoms with E-state index >= 15 is 0 Å². The van der Waals surface area contributed by atoms with E-state index < -0.39 is 10.0 Å². The van der Waals surface area contributed by atoms with Crippen molar-refractivity contribution in [1.82, 2.24) is 19.2 Å². The summed E-state index contributed by atoms with van der Waals surface area (Å²) >= 11 is 0. The normalized spacial score (nSPS) is 15.8. The van der Waals surface area contributed by atoms with Crippen LogP contribution in [0.25, 0.3) is 10.9 Å². The molecule has 1 aliphatic rings. The Kier molecular flexibility index (Phi) is 8.11. The summed E-state index contributed by atoms with van der Waals surface area (Å²) in [6.45, 7) is 6.77. The predicted molar refractivity (Wildman–Crippen MR) is 154 cm³/mol. The second-order valence-electron chi connectivity index (χ2n) is 9.73. The Hall–Kier alpha value is -3.53. The predicted octanol–water partition coefficient (Wildman–Crippen LogP) is 4.88. The summed E-state index contributed by atoms with van der Waals surface area (Å²) in [5, 5.41) is 4.45. The lowest BCUT2D eigenvalue weighted by atomic mass is 10.1. The van der Waals surface area contributed by atoms with E-state index in [0.717, 1.165) is 40.0 Å². The smallest absolute Gasteiger partial charge is 0.243 e. The Balaban J connectivity index is 1.32. The average Bonchev–Trinajstić information content (AvgIpc) is 2.99. The Labute approximate surface area is 230 Å². The SMILES string of the molecule is CCc1ccc(S(=O)(=O)N2CCN([C@@H](C)c3nc(NCc4ccccc4OC)c4ccccc4n3)CC2)cc1. The number of hydrogen-bond donors (Lipinski definition) is 1. The number of methoxy groups -OCH3 is 1. The van der Waals surface area contributed by atoms with Crippen LogP contribution in [-0.4, -0.2) is 60.9 Å². The number of nitrogens with zero attached hydrogens (tertiary/aromatic N) is 4. The Morgan fingerprint density at radius 2 is 1.62 bits per heavy atom. The first-order chi connectivity index (χ1) is 18.9. The van der Waals surface area contributed by atoms with Crippen LogP contribution in [-0.2, 0) is 23.0 Å². The highest BCUT2D eigenvalue weighted by Crippen LogP contribution is 2.28. The molecule has 4 aromatic rings. The zero-order chi connectivity index (χ0) is 27.4. The van der Waals surface area contributed by atoms with Gasteiger partial charge in [0.2, 0.25) is 10.0 Å². The molecule has 1 N–H and O–H groups in total. The maximum absolute atomic E-state index is 13.2. The lowest BCUT2D eigenvalue weighted by Crippen LogP contribution is -2.49. The molecule has 0 amide bonds. The van der Waals surface area contributed by atoms with Crippen molar-refractivity contribution in [2.24, 2.45) is 0 Å². The number of rotatable bonds is 9. The van der Waals surface area contributed by atoms with E-state index in [0.29, 0.717) is 43.4 Å². The van der Waals surface area contributed by atoms with Crippen molar-refractivity contribution in [3.05, 3.63) is 89.7 Å². The van der Waals surface area contributed by atoms with Gasteiger partial charge < -0.3 is 10.1 Å². The standard InChI is InChI=1S/C30H35N5O3S/c1-4-23-13-15-25(16-14-23)39(36,37)35-19-17-34(18-20-35)22(2)29-32-27-11-7-6-10-26(27)30(33-29)31-21-24-9-5-8-12-28(24)38-3/h5-16,22H,4,17-21H2,1-3H3,(H,31,32,33)/t22-/m0/s1. The van der Waals surface area contributed by atoms with Crippen molar-refractivity contribution in [3.63, 3.8) is 0 Å². The number of aryl methyl sites for hydroxylation is 1. The van der Waals surface area contributed by atoms with Crippen molar-refractivity contribution >= 4 is 26.7 Å². The number of aromatic nitrogens is 2. The molecule has 1 fully saturated rings. The van der Waals surface area contributed by atoms with Crippen molar-refractivity contribution in [2.75, 3.05) is 38.6 Å². The molecule has 1 aromatic heterocycles. The van der Waals surface area contributed by atoms with Crippen molar-refractivity contribution < 1.29 is 13.2 Å². The number of anilines is 1. The Morgan fingerprint density at radius 3 is 2.33 bits per heavy atom. The summed E-state index contributed by atoms with van der Waals surface area (Å²) in [6, 6.07) is 23.0. The second-order valence-corrected chi connectivity index (χ2v) is 11.7.